The van der Waals surface area contributed by atoms with Crippen molar-refractivity contribution in [1.82, 2.24) is 14.8 Å². The average molecular weight is 348 g/mol. The fourth-order valence-electron chi connectivity index (χ4n) is 2.58. The van der Waals surface area contributed by atoms with Crippen LogP contribution in [-0.4, -0.2) is 20.7 Å². The predicted molar refractivity (Wildman–Crippen MR) is 104 cm³/mol. The smallest absolute Gasteiger partial charge is 0.258 e. The van der Waals surface area contributed by atoms with Gasteiger partial charge >= 0.3 is 0 Å². The third kappa shape index (κ3) is 3.82. The van der Waals surface area contributed by atoms with E-state index >= 15 is 0 Å². The number of amides is 1. The van der Waals surface area contributed by atoms with Gasteiger partial charge in [-0.05, 0) is 43.7 Å². The standard InChI is InChI=1S/C21H24N4O/c1-14-7-6-8-17(11-14)25-19(12-18(24-25)21(3,4)5)23-20(26)16-10-9-15(2)22-13-16/h6-13H,1-5H3,(H,23,26). The normalized spacial score (nSPS) is 11.4. The van der Waals surface area contributed by atoms with Crippen molar-refractivity contribution in [3.05, 3.63) is 71.2 Å². The van der Waals surface area contributed by atoms with Crippen molar-refractivity contribution >= 4 is 11.7 Å². The van der Waals surface area contributed by atoms with Crippen molar-refractivity contribution in [1.29, 1.82) is 0 Å². The number of anilines is 1. The molecular weight excluding hydrogens is 324 g/mol. The number of nitrogens with zero attached hydrogens (tertiary/aromatic N) is 3. The summed E-state index contributed by atoms with van der Waals surface area (Å²) in [5.41, 5.74) is 4.23. The Hall–Kier alpha value is -2.95. The summed E-state index contributed by atoms with van der Waals surface area (Å²) in [4.78, 5) is 16.8. The minimum atomic E-state index is -0.202. The monoisotopic (exact) mass is 348 g/mol. The summed E-state index contributed by atoms with van der Waals surface area (Å²) >= 11 is 0. The molecule has 1 aromatic carbocycles. The molecule has 0 bridgehead atoms. The maximum atomic E-state index is 12.6. The number of pyridine rings is 1. The van der Waals surface area contributed by atoms with E-state index in [1.807, 2.05) is 50.2 Å². The Morgan fingerprint density at radius 2 is 1.85 bits per heavy atom. The Morgan fingerprint density at radius 3 is 2.46 bits per heavy atom. The van der Waals surface area contributed by atoms with Gasteiger partial charge in [0.1, 0.15) is 5.82 Å². The highest BCUT2D eigenvalue weighted by Gasteiger charge is 2.22. The van der Waals surface area contributed by atoms with Crippen LogP contribution in [0, 0.1) is 13.8 Å². The van der Waals surface area contributed by atoms with Crippen LogP contribution in [0.2, 0.25) is 0 Å². The van der Waals surface area contributed by atoms with E-state index in [1.54, 1.807) is 16.9 Å². The summed E-state index contributed by atoms with van der Waals surface area (Å²) in [5.74, 6) is 0.442. The van der Waals surface area contributed by atoms with E-state index < -0.39 is 0 Å². The molecule has 1 N–H and O–H groups in total. The number of benzene rings is 1. The number of aryl methyl sites for hydroxylation is 2. The molecular formula is C21H24N4O. The molecule has 134 valence electrons. The van der Waals surface area contributed by atoms with Crippen LogP contribution in [0.1, 0.15) is 48.1 Å². The first kappa shape index (κ1) is 17.9. The topological polar surface area (TPSA) is 59.8 Å². The Bertz CT molecular complexity index is 933. The average Bonchev–Trinajstić information content (AvgIpc) is 2.99. The molecule has 5 nitrogen and oxygen atoms in total. The summed E-state index contributed by atoms with van der Waals surface area (Å²) < 4.78 is 1.78. The van der Waals surface area contributed by atoms with Crippen LogP contribution in [-0.2, 0) is 5.41 Å². The zero-order valence-electron chi connectivity index (χ0n) is 15.9. The Kier molecular flexibility index (Phi) is 4.64. The lowest BCUT2D eigenvalue weighted by Crippen LogP contribution is -2.15. The van der Waals surface area contributed by atoms with Crippen LogP contribution in [0.25, 0.3) is 5.69 Å². The largest absolute Gasteiger partial charge is 0.306 e. The number of hydrogen-bond donors (Lipinski definition) is 1. The van der Waals surface area contributed by atoms with E-state index in [0.717, 1.165) is 22.6 Å². The second kappa shape index (κ2) is 6.75. The van der Waals surface area contributed by atoms with Crippen LogP contribution in [0.3, 0.4) is 0 Å². The summed E-state index contributed by atoms with van der Waals surface area (Å²) in [5, 5.41) is 7.72. The Labute approximate surface area is 154 Å². The number of hydrogen-bond acceptors (Lipinski definition) is 3. The third-order valence-corrected chi connectivity index (χ3v) is 4.14. The molecule has 1 amide bonds. The van der Waals surface area contributed by atoms with E-state index in [-0.39, 0.29) is 11.3 Å². The number of carbonyl (C=O) groups is 1. The number of rotatable bonds is 3. The van der Waals surface area contributed by atoms with E-state index in [9.17, 15) is 4.79 Å². The van der Waals surface area contributed by atoms with Gasteiger partial charge in [-0.25, -0.2) is 4.68 Å². The first-order valence-electron chi connectivity index (χ1n) is 8.65. The minimum absolute atomic E-state index is 0.125. The molecule has 3 aromatic rings. The van der Waals surface area contributed by atoms with Crippen molar-refractivity contribution < 1.29 is 4.79 Å². The lowest BCUT2D eigenvalue weighted by atomic mass is 9.92. The van der Waals surface area contributed by atoms with Crippen LogP contribution in [0.15, 0.2) is 48.7 Å². The molecule has 2 aromatic heterocycles. The van der Waals surface area contributed by atoms with Gasteiger partial charge < -0.3 is 5.32 Å². The molecule has 0 radical (unpaired) electrons. The van der Waals surface area contributed by atoms with Gasteiger partial charge in [-0.15, -0.1) is 0 Å². The van der Waals surface area contributed by atoms with Crippen LogP contribution < -0.4 is 5.32 Å². The minimum Gasteiger partial charge on any atom is -0.306 e. The maximum Gasteiger partial charge on any atom is 0.258 e. The number of aromatic nitrogens is 3. The second-order valence-electron chi connectivity index (χ2n) is 7.56. The third-order valence-electron chi connectivity index (χ3n) is 4.14. The summed E-state index contributed by atoms with van der Waals surface area (Å²) in [6.07, 6.45) is 1.59. The molecule has 26 heavy (non-hydrogen) atoms. The molecule has 0 saturated heterocycles. The second-order valence-corrected chi connectivity index (χ2v) is 7.56. The van der Waals surface area contributed by atoms with Gasteiger partial charge in [0.15, 0.2) is 0 Å². The van der Waals surface area contributed by atoms with Crippen LogP contribution in [0.4, 0.5) is 5.82 Å². The summed E-state index contributed by atoms with van der Waals surface area (Å²) in [6.45, 7) is 10.2. The van der Waals surface area contributed by atoms with Gasteiger partial charge in [-0.1, -0.05) is 32.9 Å². The van der Waals surface area contributed by atoms with Gasteiger partial charge in [0.25, 0.3) is 5.91 Å². The van der Waals surface area contributed by atoms with E-state index in [0.29, 0.717) is 11.4 Å². The van der Waals surface area contributed by atoms with Crippen molar-refractivity contribution in [3.63, 3.8) is 0 Å². The number of carbonyl (C=O) groups excluding carboxylic acids is 1. The first-order chi connectivity index (χ1) is 12.2. The molecule has 2 heterocycles. The fraction of sp³-hybridized carbons (Fsp3) is 0.286. The van der Waals surface area contributed by atoms with Gasteiger partial charge in [0.05, 0.1) is 16.9 Å². The molecule has 0 fully saturated rings. The molecule has 0 spiro atoms. The quantitative estimate of drug-likeness (QED) is 0.761. The van der Waals surface area contributed by atoms with Crippen molar-refractivity contribution in [3.8, 4) is 5.69 Å². The molecule has 0 aliphatic heterocycles. The maximum absolute atomic E-state index is 12.6. The van der Waals surface area contributed by atoms with Gasteiger partial charge in [0.2, 0.25) is 0 Å². The zero-order valence-corrected chi connectivity index (χ0v) is 15.9. The Morgan fingerprint density at radius 1 is 1.08 bits per heavy atom. The zero-order chi connectivity index (χ0) is 18.9. The van der Waals surface area contributed by atoms with Crippen LogP contribution >= 0.6 is 0 Å². The van der Waals surface area contributed by atoms with E-state index in [2.05, 4.69) is 31.1 Å². The van der Waals surface area contributed by atoms with Crippen molar-refractivity contribution in [2.75, 3.05) is 5.32 Å². The molecule has 0 aliphatic rings. The highest BCUT2D eigenvalue weighted by atomic mass is 16.1. The van der Waals surface area contributed by atoms with Gasteiger partial charge in [-0.2, -0.15) is 5.10 Å². The molecule has 0 atom stereocenters. The number of nitrogens with one attached hydrogen (secondary N) is 1. The highest BCUT2D eigenvalue weighted by molar-refractivity contribution is 6.03. The molecule has 3 rings (SSSR count). The molecule has 0 saturated carbocycles. The Balaban J connectivity index is 2.00. The van der Waals surface area contributed by atoms with Crippen molar-refractivity contribution in [2.45, 2.75) is 40.0 Å². The fourth-order valence-corrected chi connectivity index (χ4v) is 2.58. The van der Waals surface area contributed by atoms with Gasteiger partial charge in [0, 0.05) is 23.4 Å². The summed E-state index contributed by atoms with van der Waals surface area (Å²) in [7, 11) is 0. The van der Waals surface area contributed by atoms with Crippen LogP contribution in [0.5, 0.6) is 0 Å². The molecule has 0 aliphatic carbocycles. The lowest BCUT2D eigenvalue weighted by Gasteiger charge is -2.14. The molecule has 5 heteroatoms. The van der Waals surface area contributed by atoms with Gasteiger partial charge in [-0.3, -0.25) is 9.78 Å². The molecule has 0 unspecified atom stereocenters. The SMILES string of the molecule is Cc1cccc(-n2nc(C(C)(C)C)cc2NC(=O)c2ccc(C)nc2)c1. The highest BCUT2D eigenvalue weighted by Crippen LogP contribution is 2.26. The van der Waals surface area contributed by atoms with E-state index in [1.165, 1.54) is 0 Å². The predicted octanol–water partition coefficient (Wildman–Crippen LogP) is 4.43. The first-order valence-corrected chi connectivity index (χ1v) is 8.65. The lowest BCUT2D eigenvalue weighted by molar-refractivity contribution is 0.102. The summed E-state index contributed by atoms with van der Waals surface area (Å²) in [6, 6.07) is 13.6. The van der Waals surface area contributed by atoms with Crippen molar-refractivity contribution in [2.24, 2.45) is 0 Å². The van der Waals surface area contributed by atoms with E-state index in [4.69, 9.17) is 5.10 Å².